The van der Waals surface area contributed by atoms with Crippen LogP contribution in [0.5, 0.6) is 0 Å². The van der Waals surface area contributed by atoms with E-state index in [1.54, 1.807) is 12.1 Å². The molecule has 5 heteroatoms. The third-order valence-corrected chi connectivity index (χ3v) is 3.97. The van der Waals surface area contributed by atoms with E-state index in [1.165, 1.54) is 0 Å². The number of benzene rings is 1. The molecule has 2 fully saturated rings. The van der Waals surface area contributed by atoms with Gasteiger partial charge in [0.1, 0.15) is 0 Å². The summed E-state index contributed by atoms with van der Waals surface area (Å²) >= 11 is 5.87. The lowest BCUT2D eigenvalue weighted by molar-refractivity contribution is -0.115. The summed E-state index contributed by atoms with van der Waals surface area (Å²) in [6.07, 6.45) is 3.99. The SMILES string of the molecule is O=C(CNC1CC2CCC1O2)Nc1cccc(Cl)c1. The lowest BCUT2D eigenvalue weighted by Gasteiger charge is -2.19. The first-order valence-corrected chi connectivity index (χ1v) is 7.03. The van der Waals surface area contributed by atoms with Crippen molar-refractivity contribution in [3.63, 3.8) is 0 Å². The molecule has 0 aliphatic carbocycles. The van der Waals surface area contributed by atoms with Gasteiger partial charge in [-0.25, -0.2) is 0 Å². The van der Waals surface area contributed by atoms with E-state index in [1.807, 2.05) is 12.1 Å². The average molecular weight is 281 g/mol. The van der Waals surface area contributed by atoms with Gasteiger partial charge in [0, 0.05) is 16.8 Å². The lowest BCUT2D eigenvalue weighted by atomic mass is 9.95. The zero-order valence-electron chi connectivity index (χ0n) is 10.6. The summed E-state index contributed by atoms with van der Waals surface area (Å²) in [5.74, 6) is -0.0509. The molecule has 3 atom stereocenters. The highest BCUT2D eigenvalue weighted by molar-refractivity contribution is 6.30. The highest BCUT2D eigenvalue weighted by Crippen LogP contribution is 2.34. The van der Waals surface area contributed by atoms with E-state index in [0.29, 0.717) is 29.8 Å². The number of hydrogen-bond donors (Lipinski definition) is 2. The molecule has 0 aromatic heterocycles. The van der Waals surface area contributed by atoms with Crippen molar-refractivity contribution >= 4 is 23.2 Å². The Hall–Kier alpha value is -1.10. The van der Waals surface area contributed by atoms with E-state index in [2.05, 4.69) is 10.6 Å². The van der Waals surface area contributed by atoms with Crippen LogP contribution in [0, 0.1) is 0 Å². The Kier molecular flexibility index (Phi) is 3.73. The van der Waals surface area contributed by atoms with Crippen LogP contribution in [-0.4, -0.2) is 30.7 Å². The highest BCUT2D eigenvalue weighted by atomic mass is 35.5. The normalized spacial score (nSPS) is 28.6. The molecule has 2 N–H and O–H groups in total. The first-order valence-electron chi connectivity index (χ1n) is 6.65. The van der Waals surface area contributed by atoms with Crippen LogP contribution in [-0.2, 0) is 9.53 Å². The van der Waals surface area contributed by atoms with Gasteiger partial charge in [-0.3, -0.25) is 4.79 Å². The van der Waals surface area contributed by atoms with Crippen LogP contribution < -0.4 is 10.6 Å². The highest BCUT2D eigenvalue weighted by Gasteiger charge is 2.40. The molecule has 3 rings (SSSR count). The van der Waals surface area contributed by atoms with Crippen LogP contribution in [0.1, 0.15) is 19.3 Å². The predicted molar refractivity (Wildman–Crippen MR) is 74.4 cm³/mol. The van der Waals surface area contributed by atoms with E-state index in [9.17, 15) is 4.79 Å². The number of ether oxygens (including phenoxy) is 1. The molecule has 19 heavy (non-hydrogen) atoms. The minimum atomic E-state index is -0.0509. The van der Waals surface area contributed by atoms with Crippen molar-refractivity contribution in [1.82, 2.24) is 5.32 Å². The molecular weight excluding hydrogens is 264 g/mol. The van der Waals surface area contributed by atoms with Crippen LogP contribution in [0.4, 0.5) is 5.69 Å². The Labute approximate surface area is 117 Å². The molecule has 0 radical (unpaired) electrons. The number of hydrogen-bond acceptors (Lipinski definition) is 3. The maximum Gasteiger partial charge on any atom is 0.238 e. The van der Waals surface area contributed by atoms with Gasteiger partial charge in [0.2, 0.25) is 5.91 Å². The number of rotatable bonds is 4. The van der Waals surface area contributed by atoms with Gasteiger partial charge in [-0.05, 0) is 37.5 Å². The van der Waals surface area contributed by atoms with Gasteiger partial charge in [-0.1, -0.05) is 17.7 Å². The van der Waals surface area contributed by atoms with Gasteiger partial charge in [-0.15, -0.1) is 0 Å². The van der Waals surface area contributed by atoms with E-state index in [-0.39, 0.29) is 5.91 Å². The predicted octanol–water partition coefficient (Wildman–Crippen LogP) is 2.19. The largest absolute Gasteiger partial charge is 0.373 e. The van der Waals surface area contributed by atoms with Gasteiger partial charge >= 0.3 is 0 Å². The third kappa shape index (κ3) is 3.08. The van der Waals surface area contributed by atoms with Gasteiger partial charge in [0.15, 0.2) is 0 Å². The van der Waals surface area contributed by atoms with E-state index >= 15 is 0 Å². The number of fused-ring (bicyclic) bond motifs is 2. The molecule has 2 saturated heterocycles. The molecule has 1 aromatic rings. The number of carbonyl (C=O) groups is 1. The van der Waals surface area contributed by atoms with Gasteiger partial charge in [-0.2, -0.15) is 0 Å². The van der Waals surface area contributed by atoms with E-state index in [4.69, 9.17) is 16.3 Å². The molecule has 2 aliphatic rings. The number of nitrogens with one attached hydrogen (secondary N) is 2. The molecule has 3 unspecified atom stereocenters. The van der Waals surface area contributed by atoms with Gasteiger partial charge in [0.05, 0.1) is 18.8 Å². The Morgan fingerprint density at radius 1 is 1.42 bits per heavy atom. The second-order valence-electron chi connectivity index (χ2n) is 5.16. The van der Waals surface area contributed by atoms with Crippen LogP contribution in [0.15, 0.2) is 24.3 Å². The van der Waals surface area contributed by atoms with Crippen LogP contribution >= 0.6 is 11.6 Å². The second kappa shape index (κ2) is 5.49. The van der Waals surface area contributed by atoms with Crippen molar-refractivity contribution in [3.05, 3.63) is 29.3 Å². The molecule has 0 spiro atoms. The Balaban J connectivity index is 1.47. The zero-order valence-corrected chi connectivity index (χ0v) is 11.3. The van der Waals surface area contributed by atoms with Crippen molar-refractivity contribution in [3.8, 4) is 0 Å². The molecule has 0 saturated carbocycles. The molecule has 102 valence electrons. The van der Waals surface area contributed by atoms with Crippen molar-refractivity contribution in [2.24, 2.45) is 0 Å². The standard InChI is InChI=1S/C14H17ClN2O2/c15-9-2-1-3-10(6-9)17-14(18)8-16-12-7-11-4-5-13(12)19-11/h1-3,6,11-13,16H,4-5,7-8H2,(H,17,18). The van der Waals surface area contributed by atoms with Crippen molar-refractivity contribution in [1.29, 1.82) is 0 Å². The quantitative estimate of drug-likeness (QED) is 0.889. The molecular formula is C14H17ClN2O2. The fourth-order valence-electron chi connectivity index (χ4n) is 2.85. The summed E-state index contributed by atoms with van der Waals surface area (Å²) in [6.45, 7) is 0.309. The number of amides is 1. The maximum absolute atomic E-state index is 11.8. The van der Waals surface area contributed by atoms with Gasteiger partial charge in [0.25, 0.3) is 0 Å². The van der Waals surface area contributed by atoms with Crippen LogP contribution in [0.25, 0.3) is 0 Å². The summed E-state index contributed by atoms with van der Waals surface area (Å²) < 4.78 is 5.74. The van der Waals surface area contributed by atoms with Crippen LogP contribution in [0.2, 0.25) is 5.02 Å². The maximum atomic E-state index is 11.8. The number of anilines is 1. The van der Waals surface area contributed by atoms with Crippen molar-refractivity contribution in [2.75, 3.05) is 11.9 Å². The molecule has 1 aromatic carbocycles. The second-order valence-corrected chi connectivity index (χ2v) is 5.59. The molecule has 2 heterocycles. The smallest absolute Gasteiger partial charge is 0.238 e. The number of carbonyl (C=O) groups excluding carboxylic acids is 1. The first kappa shape index (κ1) is 12.9. The summed E-state index contributed by atoms with van der Waals surface area (Å²) in [7, 11) is 0. The van der Waals surface area contributed by atoms with E-state index < -0.39 is 0 Å². The minimum Gasteiger partial charge on any atom is -0.373 e. The molecule has 4 nitrogen and oxygen atoms in total. The summed E-state index contributed by atoms with van der Waals surface area (Å²) in [4.78, 5) is 11.8. The van der Waals surface area contributed by atoms with E-state index in [0.717, 1.165) is 24.9 Å². The Morgan fingerprint density at radius 3 is 3.00 bits per heavy atom. The number of halogens is 1. The summed E-state index contributed by atoms with van der Waals surface area (Å²) in [6, 6.07) is 7.48. The van der Waals surface area contributed by atoms with Crippen molar-refractivity contribution < 1.29 is 9.53 Å². The van der Waals surface area contributed by atoms with Crippen molar-refractivity contribution in [2.45, 2.75) is 37.5 Å². The Bertz CT molecular complexity index is 480. The van der Waals surface area contributed by atoms with Crippen LogP contribution in [0.3, 0.4) is 0 Å². The monoisotopic (exact) mass is 280 g/mol. The Morgan fingerprint density at radius 2 is 2.32 bits per heavy atom. The topological polar surface area (TPSA) is 50.4 Å². The molecule has 1 amide bonds. The fraction of sp³-hybridized carbons (Fsp3) is 0.500. The average Bonchev–Trinajstić information content (AvgIpc) is 2.98. The lowest BCUT2D eigenvalue weighted by Crippen LogP contribution is -2.41. The summed E-state index contributed by atoms with van der Waals surface area (Å²) in [5, 5.41) is 6.72. The molecule has 2 bridgehead atoms. The summed E-state index contributed by atoms with van der Waals surface area (Å²) in [5.41, 5.74) is 0.725. The zero-order chi connectivity index (χ0) is 13.2. The first-order chi connectivity index (χ1) is 9.20. The minimum absolute atomic E-state index is 0.0509. The van der Waals surface area contributed by atoms with Gasteiger partial charge < -0.3 is 15.4 Å². The fourth-order valence-corrected chi connectivity index (χ4v) is 3.04. The third-order valence-electron chi connectivity index (χ3n) is 3.74. The molecule has 2 aliphatic heterocycles.